The molecule has 1 aliphatic heterocycles. The third-order valence-corrected chi connectivity index (χ3v) is 1.95. The Balaban J connectivity index is 2.09. The number of hydrogen-bond donors (Lipinski definition) is 2. The topological polar surface area (TPSA) is 42.5 Å². The van der Waals surface area contributed by atoms with Crippen LogP contribution in [0.5, 0.6) is 0 Å². The molecule has 70 valence electrons. The van der Waals surface area contributed by atoms with Crippen LogP contribution in [0.15, 0.2) is 0 Å². The second kappa shape index (κ2) is 5.29. The number of ether oxygens (including phenoxy) is 2. The van der Waals surface area contributed by atoms with Crippen molar-refractivity contribution in [3.63, 3.8) is 0 Å². The molecule has 2 N–H and O–H groups in total. The van der Waals surface area contributed by atoms with Crippen molar-refractivity contribution in [1.82, 2.24) is 10.6 Å². The first kappa shape index (κ1) is 9.70. The number of thiocarbonyl (C=S) groups is 1. The first-order chi connectivity index (χ1) is 5.83. The second-order valence-electron chi connectivity index (χ2n) is 2.53. The molecule has 1 aliphatic rings. The molecule has 0 aromatic heterocycles. The molecular weight excluding hydrogens is 176 g/mol. The highest BCUT2D eigenvalue weighted by Gasteiger charge is 2.13. The lowest BCUT2D eigenvalue weighted by Crippen LogP contribution is -2.42. The minimum Gasteiger partial charge on any atom is -0.376 e. The van der Waals surface area contributed by atoms with Gasteiger partial charge in [-0.3, -0.25) is 0 Å². The van der Waals surface area contributed by atoms with E-state index in [1.165, 1.54) is 0 Å². The molecule has 5 heteroatoms. The Hall–Kier alpha value is -0.390. The van der Waals surface area contributed by atoms with E-state index in [1.807, 2.05) is 0 Å². The van der Waals surface area contributed by atoms with Gasteiger partial charge in [-0.2, -0.15) is 0 Å². The van der Waals surface area contributed by atoms with Gasteiger partial charge in [-0.15, -0.1) is 0 Å². The zero-order valence-electron chi connectivity index (χ0n) is 7.13. The smallest absolute Gasteiger partial charge is 0.166 e. The lowest BCUT2D eigenvalue weighted by atomic mass is 10.3. The molecular formula is C7H14N2O2S. The average molecular weight is 190 g/mol. The first-order valence-electron chi connectivity index (χ1n) is 3.98. The van der Waals surface area contributed by atoms with E-state index in [0.717, 1.165) is 0 Å². The van der Waals surface area contributed by atoms with Gasteiger partial charge in [-0.05, 0) is 12.2 Å². The molecule has 1 heterocycles. The van der Waals surface area contributed by atoms with Crippen LogP contribution >= 0.6 is 12.2 Å². The molecule has 1 rings (SSSR count). The van der Waals surface area contributed by atoms with Gasteiger partial charge in [0.15, 0.2) is 5.11 Å². The van der Waals surface area contributed by atoms with E-state index in [-0.39, 0.29) is 6.10 Å². The summed E-state index contributed by atoms with van der Waals surface area (Å²) in [5, 5.41) is 6.49. The summed E-state index contributed by atoms with van der Waals surface area (Å²) in [5.41, 5.74) is 0. The summed E-state index contributed by atoms with van der Waals surface area (Å²) < 4.78 is 10.6. The maximum absolute atomic E-state index is 5.40. The number of hydrogen-bond acceptors (Lipinski definition) is 3. The van der Waals surface area contributed by atoms with Crippen molar-refractivity contribution >= 4 is 17.3 Å². The highest BCUT2D eigenvalue weighted by Crippen LogP contribution is 1.98. The molecule has 1 atom stereocenters. The quantitative estimate of drug-likeness (QED) is 0.574. The van der Waals surface area contributed by atoms with Crippen LogP contribution < -0.4 is 10.6 Å². The predicted molar refractivity (Wildman–Crippen MR) is 50.2 cm³/mol. The molecule has 0 bridgehead atoms. The van der Waals surface area contributed by atoms with Crippen molar-refractivity contribution in [3.8, 4) is 0 Å². The Morgan fingerprint density at radius 2 is 2.42 bits per heavy atom. The highest BCUT2D eigenvalue weighted by atomic mass is 32.1. The Kier molecular flexibility index (Phi) is 4.27. The Labute approximate surface area is 77.6 Å². The highest BCUT2D eigenvalue weighted by molar-refractivity contribution is 7.80. The van der Waals surface area contributed by atoms with Crippen molar-refractivity contribution in [2.24, 2.45) is 0 Å². The molecule has 0 aromatic rings. The third kappa shape index (κ3) is 3.34. The second-order valence-corrected chi connectivity index (χ2v) is 2.94. The van der Waals surface area contributed by atoms with Crippen LogP contribution in [-0.2, 0) is 9.47 Å². The molecule has 4 nitrogen and oxygen atoms in total. The predicted octanol–water partition coefficient (Wildman–Crippen LogP) is -0.504. The molecule has 0 aromatic carbocycles. The fourth-order valence-electron chi connectivity index (χ4n) is 0.949. The van der Waals surface area contributed by atoms with Crippen molar-refractivity contribution < 1.29 is 9.47 Å². The van der Waals surface area contributed by atoms with Gasteiger partial charge in [0.2, 0.25) is 0 Å². The van der Waals surface area contributed by atoms with Gasteiger partial charge in [0.05, 0.1) is 25.9 Å². The fraction of sp³-hybridized carbons (Fsp3) is 0.857. The Morgan fingerprint density at radius 3 is 3.00 bits per heavy atom. The van der Waals surface area contributed by atoms with E-state index in [4.69, 9.17) is 21.7 Å². The van der Waals surface area contributed by atoms with Crippen LogP contribution in [0.25, 0.3) is 0 Å². The standard InChI is InChI=1S/C7H14N2O2S/c1-8-7(12)9-4-6-5-10-2-3-11-6/h6H,2-5H2,1H3,(H2,8,9,12). The average Bonchev–Trinajstić information content (AvgIpc) is 2.16. The van der Waals surface area contributed by atoms with Crippen molar-refractivity contribution in [1.29, 1.82) is 0 Å². The minimum absolute atomic E-state index is 0.130. The van der Waals surface area contributed by atoms with Gasteiger partial charge in [0.1, 0.15) is 0 Å². The fourth-order valence-corrected chi connectivity index (χ4v) is 1.03. The maximum atomic E-state index is 5.40. The van der Waals surface area contributed by atoms with E-state index in [2.05, 4.69) is 10.6 Å². The van der Waals surface area contributed by atoms with Crippen LogP contribution in [0, 0.1) is 0 Å². The summed E-state index contributed by atoms with van der Waals surface area (Å²) in [4.78, 5) is 0. The van der Waals surface area contributed by atoms with Crippen molar-refractivity contribution in [3.05, 3.63) is 0 Å². The van der Waals surface area contributed by atoms with Crippen LogP contribution in [0.3, 0.4) is 0 Å². The summed E-state index contributed by atoms with van der Waals surface area (Å²) in [6, 6.07) is 0. The molecule has 1 unspecified atom stereocenters. The largest absolute Gasteiger partial charge is 0.376 e. The van der Waals surface area contributed by atoms with Crippen molar-refractivity contribution in [2.45, 2.75) is 6.10 Å². The molecule has 0 radical (unpaired) electrons. The van der Waals surface area contributed by atoms with Gasteiger partial charge >= 0.3 is 0 Å². The van der Waals surface area contributed by atoms with Gasteiger partial charge < -0.3 is 20.1 Å². The Morgan fingerprint density at radius 1 is 1.58 bits per heavy atom. The maximum Gasteiger partial charge on any atom is 0.166 e. The van der Waals surface area contributed by atoms with E-state index >= 15 is 0 Å². The zero-order valence-corrected chi connectivity index (χ0v) is 7.95. The number of rotatable bonds is 2. The molecule has 1 fully saturated rings. The van der Waals surface area contributed by atoms with E-state index < -0.39 is 0 Å². The lowest BCUT2D eigenvalue weighted by molar-refractivity contribution is -0.0849. The van der Waals surface area contributed by atoms with Gasteiger partial charge in [-0.25, -0.2) is 0 Å². The van der Waals surface area contributed by atoms with E-state index in [1.54, 1.807) is 7.05 Å². The summed E-state index contributed by atoms with van der Waals surface area (Å²) in [6.45, 7) is 2.74. The van der Waals surface area contributed by atoms with E-state index in [0.29, 0.717) is 31.5 Å². The first-order valence-corrected chi connectivity index (χ1v) is 4.38. The zero-order chi connectivity index (χ0) is 8.81. The van der Waals surface area contributed by atoms with Gasteiger partial charge in [0.25, 0.3) is 0 Å². The summed E-state index contributed by atoms with van der Waals surface area (Å²) in [7, 11) is 1.79. The van der Waals surface area contributed by atoms with Crippen molar-refractivity contribution in [2.75, 3.05) is 33.4 Å². The van der Waals surface area contributed by atoms with Gasteiger partial charge in [-0.1, -0.05) is 0 Å². The molecule has 0 saturated carbocycles. The van der Waals surface area contributed by atoms with Gasteiger partial charge in [0, 0.05) is 13.6 Å². The molecule has 0 spiro atoms. The van der Waals surface area contributed by atoms with Crippen LogP contribution in [0.2, 0.25) is 0 Å². The minimum atomic E-state index is 0.130. The van der Waals surface area contributed by atoms with E-state index in [9.17, 15) is 0 Å². The molecule has 0 aliphatic carbocycles. The third-order valence-electron chi connectivity index (χ3n) is 1.60. The lowest BCUT2D eigenvalue weighted by Gasteiger charge is -2.23. The van der Waals surface area contributed by atoms with Crippen LogP contribution in [0.4, 0.5) is 0 Å². The molecule has 1 saturated heterocycles. The SMILES string of the molecule is CNC(=S)NCC1COCCO1. The monoisotopic (exact) mass is 190 g/mol. The summed E-state index contributed by atoms with van der Waals surface area (Å²) >= 11 is 4.91. The van der Waals surface area contributed by atoms with Crippen LogP contribution in [-0.4, -0.2) is 44.6 Å². The summed E-state index contributed by atoms with van der Waals surface area (Å²) in [5.74, 6) is 0. The number of nitrogens with one attached hydrogen (secondary N) is 2. The molecule has 12 heavy (non-hydrogen) atoms. The van der Waals surface area contributed by atoms with Crippen LogP contribution in [0.1, 0.15) is 0 Å². The molecule has 0 amide bonds. The summed E-state index contributed by atoms with van der Waals surface area (Å²) in [6.07, 6.45) is 0.130. The normalized spacial score (nSPS) is 23.2. The Bertz CT molecular complexity index is 148.